The smallest absolute Gasteiger partial charge is 0.150 e. The Balaban J connectivity index is 2.00. The fourth-order valence-corrected chi connectivity index (χ4v) is 3.73. The molecule has 0 unspecified atom stereocenters. The van der Waals surface area contributed by atoms with Crippen LogP contribution < -0.4 is 5.73 Å². The van der Waals surface area contributed by atoms with Crippen molar-refractivity contribution in [2.45, 2.75) is 31.6 Å². The summed E-state index contributed by atoms with van der Waals surface area (Å²) in [7, 11) is -2.89. The number of anilines is 1. The molecule has 0 saturated carbocycles. The van der Waals surface area contributed by atoms with E-state index >= 15 is 0 Å². The molecule has 1 saturated heterocycles. The molecule has 0 amide bonds. The molecular formula is C14H22N2O2S. The van der Waals surface area contributed by atoms with Crippen LogP contribution in [0, 0.1) is 6.92 Å². The van der Waals surface area contributed by atoms with Crippen molar-refractivity contribution < 1.29 is 8.42 Å². The van der Waals surface area contributed by atoms with Gasteiger partial charge in [0, 0.05) is 18.5 Å². The number of benzene rings is 1. The third-order valence-electron chi connectivity index (χ3n) is 3.97. The minimum Gasteiger partial charge on any atom is -0.398 e. The van der Waals surface area contributed by atoms with Gasteiger partial charge in [-0.2, -0.15) is 0 Å². The molecule has 4 nitrogen and oxygen atoms in total. The molecule has 0 atom stereocenters. The summed E-state index contributed by atoms with van der Waals surface area (Å²) in [4.78, 5) is 2.29. The zero-order chi connectivity index (χ0) is 14.0. The number of aryl methyl sites for hydroxylation is 1. The Morgan fingerprint density at radius 2 is 1.95 bits per heavy atom. The molecular weight excluding hydrogens is 260 g/mol. The molecule has 1 fully saturated rings. The lowest BCUT2D eigenvalue weighted by molar-refractivity contribution is 0.222. The molecule has 0 radical (unpaired) electrons. The fraction of sp³-hybridized carbons (Fsp3) is 0.571. The average molecular weight is 282 g/mol. The van der Waals surface area contributed by atoms with Gasteiger partial charge in [-0.1, -0.05) is 12.1 Å². The molecule has 0 spiro atoms. The zero-order valence-electron chi connectivity index (χ0n) is 11.6. The van der Waals surface area contributed by atoms with Crippen LogP contribution in [0.25, 0.3) is 0 Å². The summed E-state index contributed by atoms with van der Waals surface area (Å²) >= 11 is 0. The summed E-state index contributed by atoms with van der Waals surface area (Å²) in [6.07, 6.45) is 2.79. The van der Waals surface area contributed by atoms with E-state index in [9.17, 15) is 8.42 Å². The van der Waals surface area contributed by atoms with Crippen LogP contribution in [0.3, 0.4) is 0 Å². The highest BCUT2D eigenvalue weighted by molar-refractivity contribution is 7.91. The van der Waals surface area contributed by atoms with Gasteiger partial charge in [-0.15, -0.1) is 0 Å². The molecule has 1 heterocycles. The van der Waals surface area contributed by atoms with E-state index in [0.29, 0.717) is 0 Å². The van der Waals surface area contributed by atoms with E-state index in [1.807, 2.05) is 12.1 Å². The monoisotopic (exact) mass is 282 g/mol. The maximum Gasteiger partial charge on any atom is 0.150 e. The first-order valence-corrected chi connectivity index (χ1v) is 8.58. The third kappa shape index (κ3) is 3.48. The first kappa shape index (κ1) is 14.3. The average Bonchev–Trinajstić information content (AvgIpc) is 2.33. The lowest BCUT2D eigenvalue weighted by Gasteiger charge is -2.31. The van der Waals surface area contributed by atoms with Crippen LogP contribution in [0.1, 0.15) is 24.0 Å². The van der Waals surface area contributed by atoms with E-state index in [1.54, 1.807) is 0 Å². The van der Waals surface area contributed by atoms with Gasteiger partial charge in [-0.05, 0) is 50.0 Å². The van der Waals surface area contributed by atoms with E-state index in [2.05, 4.69) is 17.9 Å². The fourth-order valence-electron chi connectivity index (χ4n) is 2.66. The Kier molecular flexibility index (Phi) is 4.16. The largest absolute Gasteiger partial charge is 0.398 e. The van der Waals surface area contributed by atoms with Crippen molar-refractivity contribution in [2.75, 3.05) is 25.1 Å². The molecule has 0 bridgehead atoms. The molecule has 106 valence electrons. The van der Waals surface area contributed by atoms with Crippen molar-refractivity contribution in [3.05, 3.63) is 29.3 Å². The summed E-state index contributed by atoms with van der Waals surface area (Å²) in [6, 6.07) is 5.95. The minimum absolute atomic E-state index is 0.169. The van der Waals surface area contributed by atoms with Gasteiger partial charge >= 0.3 is 0 Å². The summed E-state index contributed by atoms with van der Waals surface area (Å²) in [5.74, 6) is 0. The maximum atomic E-state index is 11.5. The predicted molar refractivity (Wildman–Crippen MR) is 78.7 cm³/mol. The Bertz CT molecular complexity index is 526. The van der Waals surface area contributed by atoms with Gasteiger partial charge in [0.25, 0.3) is 0 Å². The van der Waals surface area contributed by atoms with Gasteiger partial charge in [0.1, 0.15) is 9.84 Å². The molecule has 2 rings (SSSR count). The first-order valence-electron chi connectivity index (χ1n) is 6.63. The number of hydrogen-bond donors (Lipinski definition) is 1. The molecule has 0 aliphatic carbocycles. The van der Waals surface area contributed by atoms with E-state index in [-0.39, 0.29) is 5.25 Å². The van der Waals surface area contributed by atoms with Crippen LogP contribution in [0.4, 0.5) is 5.69 Å². The van der Waals surface area contributed by atoms with Gasteiger partial charge < -0.3 is 5.73 Å². The number of nitrogens with zero attached hydrogens (tertiary/aromatic N) is 1. The second kappa shape index (κ2) is 5.51. The number of hydrogen-bond acceptors (Lipinski definition) is 4. The Hall–Kier alpha value is -1.07. The third-order valence-corrected chi connectivity index (χ3v) is 5.65. The molecule has 1 aliphatic heterocycles. The van der Waals surface area contributed by atoms with Crippen molar-refractivity contribution in [2.24, 2.45) is 0 Å². The van der Waals surface area contributed by atoms with Crippen LogP contribution in [0.15, 0.2) is 18.2 Å². The molecule has 5 heteroatoms. The second-order valence-electron chi connectivity index (χ2n) is 5.45. The number of sulfone groups is 1. The molecule has 1 aromatic carbocycles. The van der Waals surface area contributed by atoms with Crippen LogP contribution in [-0.4, -0.2) is 37.9 Å². The second-order valence-corrected chi connectivity index (χ2v) is 7.77. The van der Waals surface area contributed by atoms with Crippen LogP contribution >= 0.6 is 0 Å². The van der Waals surface area contributed by atoms with E-state index in [0.717, 1.165) is 38.2 Å². The summed E-state index contributed by atoms with van der Waals surface area (Å²) in [5.41, 5.74) is 9.20. The van der Waals surface area contributed by atoms with Crippen molar-refractivity contribution >= 4 is 15.5 Å². The van der Waals surface area contributed by atoms with Crippen LogP contribution in [0.2, 0.25) is 0 Å². The number of nitrogen functional groups attached to an aromatic ring is 1. The molecule has 1 aromatic rings. The Morgan fingerprint density at radius 1 is 1.32 bits per heavy atom. The van der Waals surface area contributed by atoms with E-state index in [4.69, 9.17) is 5.73 Å². The van der Waals surface area contributed by atoms with Crippen molar-refractivity contribution in [3.8, 4) is 0 Å². The van der Waals surface area contributed by atoms with Crippen molar-refractivity contribution in [3.63, 3.8) is 0 Å². The van der Waals surface area contributed by atoms with Gasteiger partial charge in [-0.3, -0.25) is 4.90 Å². The standard InChI is InChI=1S/C14H22N2O2S/c1-11-4-3-5-14(15)13(11)10-16-8-6-12(7-9-16)19(2,17)18/h3-5,12H,6-10,15H2,1-2H3. The number of piperidine rings is 1. The van der Waals surface area contributed by atoms with E-state index < -0.39 is 9.84 Å². The SMILES string of the molecule is Cc1cccc(N)c1CN1CCC(S(C)(=O)=O)CC1. The van der Waals surface area contributed by atoms with E-state index in [1.165, 1.54) is 17.4 Å². The summed E-state index contributed by atoms with van der Waals surface area (Å²) < 4.78 is 23.0. The molecule has 0 aromatic heterocycles. The van der Waals surface area contributed by atoms with Crippen molar-refractivity contribution in [1.82, 2.24) is 4.90 Å². The van der Waals surface area contributed by atoms with Gasteiger partial charge in [-0.25, -0.2) is 8.42 Å². The highest BCUT2D eigenvalue weighted by atomic mass is 32.2. The molecule has 19 heavy (non-hydrogen) atoms. The highest BCUT2D eigenvalue weighted by Gasteiger charge is 2.26. The lowest BCUT2D eigenvalue weighted by Crippen LogP contribution is -2.38. The molecule has 1 aliphatic rings. The summed E-state index contributed by atoms with van der Waals surface area (Å²) in [6.45, 7) is 4.53. The van der Waals surface area contributed by atoms with Crippen LogP contribution in [0.5, 0.6) is 0 Å². The first-order chi connectivity index (χ1) is 8.88. The topological polar surface area (TPSA) is 63.4 Å². The lowest BCUT2D eigenvalue weighted by atomic mass is 10.0. The normalized spacial score (nSPS) is 18.6. The Morgan fingerprint density at radius 3 is 2.47 bits per heavy atom. The highest BCUT2D eigenvalue weighted by Crippen LogP contribution is 2.22. The maximum absolute atomic E-state index is 11.5. The van der Waals surface area contributed by atoms with Crippen molar-refractivity contribution in [1.29, 1.82) is 0 Å². The number of rotatable bonds is 3. The zero-order valence-corrected chi connectivity index (χ0v) is 12.4. The van der Waals surface area contributed by atoms with Crippen LogP contribution in [-0.2, 0) is 16.4 Å². The van der Waals surface area contributed by atoms with Gasteiger partial charge in [0.05, 0.1) is 5.25 Å². The number of likely N-dealkylation sites (tertiary alicyclic amines) is 1. The van der Waals surface area contributed by atoms with Gasteiger partial charge in [0.15, 0.2) is 0 Å². The number of nitrogens with two attached hydrogens (primary N) is 1. The Labute approximate surface area is 115 Å². The minimum atomic E-state index is -2.89. The predicted octanol–water partition coefficient (Wildman–Crippen LogP) is 1.59. The van der Waals surface area contributed by atoms with Gasteiger partial charge in [0.2, 0.25) is 0 Å². The quantitative estimate of drug-likeness (QED) is 0.855. The molecule has 2 N–H and O–H groups in total. The summed E-state index contributed by atoms with van der Waals surface area (Å²) in [5, 5.41) is -0.169.